The summed E-state index contributed by atoms with van der Waals surface area (Å²) in [6.45, 7) is 6.44. The number of amides is 1. The number of carbonyl (C=O) groups is 2. The van der Waals surface area contributed by atoms with Gasteiger partial charge in [0.25, 0.3) is 0 Å². The lowest BCUT2D eigenvalue weighted by molar-refractivity contribution is -0.154. The summed E-state index contributed by atoms with van der Waals surface area (Å²) in [5.41, 5.74) is -1.08. The lowest BCUT2D eigenvalue weighted by atomic mass is 10.0. The minimum Gasteiger partial charge on any atom is -0.480 e. The summed E-state index contributed by atoms with van der Waals surface area (Å²) in [4.78, 5) is 24.7. The van der Waals surface area contributed by atoms with Gasteiger partial charge in [-0.1, -0.05) is 6.92 Å². The zero-order chi connectivity index (χ0) is 11.6. The molecule has 0 aromatic rings. The van der Waals surface area contributed by atoms with E-state index in [1.807, 2.05) is 20.8 Å². The van der Waals surface area contributed by atoms with Gasteiger partial charge in [0.2, 0.25) is 5.91 Å². The molecular weight excluding hydrogens is 194 g/mol. The SMILES string of the molecule is CCC(C)N(CC)C(=O)C1(C(=O)O)CC1. The second-order valence-corrected chi connectivity index (χ2v) is 4.24. The first-order chi connectivity index (χ1) is 6.99. The molecule has 4 nitrogen and oxygen atoms in total. The topological polar surface area (TPSA) is 57.6 Å². The van der Waals surface area contributed by atoms with Crippen LogP contribution in [-0.4, -0.2) is 34.5 Å². The molecule has 1 saturated carbocycles. The van der Waals surface area contributed by atoms with Crippen molar-refractivity contribution < 1.29 is 14.7 Å². The molecule has 86 valence electrons. The van der Waals surface area contributed by atoms with E-state index in [2.05, 4.69) is 0 Å². The smallest absolute Gasteiger partial charge is 0.319 e. The maximum absolute atomic E-state index is 12.0. The van der Waals surface area contributed by atoms with Crippen LogP contribution in [0.3, 0.4) is 0 Å². The molecule has 1 atom stereocenters. The van der Waals surface area contributed by atoms with Crippen LogP contribution < -0.4 is 0 Å². The van der Waals surface area contributed by atoms with Crippen molar-refractivity contribution in [1.82, 2.24) is 4.90 Å². The molecule has 1 fully saturated rings. The Bertz CT molecular complexity index is 271. The van der Waals surface area contributed by atoms with E-state index in [9.17, 15) is 9.59 Å². The number of hydrogen-bond acceptors (Lipinski definition) is 2. The van der Waals surface area contributed by atoms with Gasteiger partial charge in [-0.15, -0.1) is 0 Å². The van der Waals surface area contributed by atoms with Crippen LogP contribution in [0.1, 0.15) is 40.0 Å². The molecule has 0 aromatic heterocycles. The summed E-state index contributed by atoms with van der Waals surface area (Å²) < 4.78 is 0. The fraction of sp³-hybridized carbons (Fsp3) is 0.818. The van der Waals surface area contributed by atoms with Crippen molar-refractivity contribution in [1.29, 1.82) is 0 Å². The van der Waals surface area contributed by atoms with Crippen molar-refractivity contribution in [2.75, 3.05) is 6.54 Å². The van der Waals surface area contributed by atoms with E-state index in [1.165, 1.54) is 0 Å². The molecule has 0 heterocycles. The first-order valence-corrected chi connectivity index (χ1v) is 5.54. The predicted molar refractivity (Wildman–Crippen MR) is 56.4 cm³/mol. The number of nitrogens with zero attached hydrogens (tertiary/aromatic N) is 1. The molecule has 4 heteroatoms. The summed E-state index contributed by atoms with van der Waals surface area (Å²) in [7, 11) is 0. The van der Waals surface area contributed by atoms with Crippen molar-refractivity contribution in [3.8, 4) is 0 Å². The summed E-state index contributed by atoms with van der Waals surface area (Å²) >= 11 is 0. The van der Waals surface area contributed by atoms with Gasteiger partial charge >= 0.3 is 5.97 Å². The van der Waals surface area contributed by atoms with Crippen molar-refractivity contribution >= 4 is 11.9 Å². The number of hydrogen-bond donors (Lipinski definition) is 1. The summed E-state index contributed by atoms with van der Waals surface area (Å²) in [6, 6.07) is 0.124. The normalized spacial score (nSPS) is 19.4. The Labute approximate surface area is 90.3 Å². The summed E-state index contributed by atoms with van der Waals surface area (Å²) in [5.74, 6) is -1.17. The highest BCUT2D eigenvalue weighted by atomic mass is 16.4. The van der Waals surface area contributed by atoms with Gasteiger partial charge in [-0.3, -0.25) is 9.59 Å². The molecule has 1 aliphatic rings. The van der Waals surface area contributed by atoms with Crippen LogP contribution in [-0.2, 0) is 9.59 Å². The van der Waals surface area contributed by atoms with E-state index >= 15 is 0 Å². The van der Waals surface area contributed by atoms with Crippen molar-refractivity contribution in [3.63, 3.8) is 0 Å². The van der Waals surface area contributed by atoms with Crippen LogP contribution in [0.2, 0.25) is 0 Å². The van der Waals surface area contributed by atoms with Crippen LogP contribution in [0, 0.1) is 5.41 Å². The fourth-order valence-electron chi connectivity index (χ4n) is 1.79. The molecule has 1 amide bonds. The van der Waals surface area contributed by atoms with E-state index in [-0.39, 0.29) is 11.9 Å². The largest absolute Gasteiger partial charge is 0.480 e. The molecule has 1 rings (SSSR count). The molecule has 1 N–H and O–H groups in total. The third kappa shape index (κ3) is 1.98. The van der Waals surface area contributed by atoms with E-state index in [1.54, 1.807) is 4.90 Å². The highest BCUT2D eigenvalue weighted by Crippen LogP contribution is 2.47. The van der Waals surface area contributed by atoms with Crippen molar-refractivity contribution in [2.45, 2.75) is 46.1 Å². The standard InChI is InChI=1S/C11H19NO3/c1-4-8(3)12(5-2)9(13)11(6-7-11)10(14)15/h8H,4-7H2,1-3H3,(H,14,15). The molecule has 0 radical (unpaired) electrons. The molecule has 0 saturated heterocycles. The van der Waals surface area contributed by atoms with Gasteiger partial charge in [0.1, 0.15) is 5.41 Å². The highest BCUT2D eigenvalue weighted by molar-refractivity contribution is 6.04. The van der Waals surface area contributed by atoms with Gasteiger partial charge in [-0.25, -0.2) is 0 Å². The molecular formula is C11H19NO3. The zero-order valence-electron chi connectivity index (χ0n) is 9.62. The highest BCUT2D eigenvalue weighted by Gasteiger charge is 2.58. The average Bonchev–Trinajstić information content (AvgIpc) is 2.98. The molecule has 0 aliphatic heterocycles. The third-order valence-corrected chi connectivity index (χ3v) is 3.29. The average molecular weight is 213 g/mol. The molecule has 0 spiro atoms. The van der Waals surface area contributed by atoms with Gasteiger partial charge in [-0.05, 0) is 33.1 Å². The van der Waals surface area contributed by atoms with Crippen LogP contribution >= 0.6 is 0 Å². The van der Waals surface area contributed by atoms with E-state index in [4.69, 9.17) is 5.11 Å². The van der Waals surface area contributed by atoms with E-state index < -0.39 is 11.4 Å². The molecule has 0 aromatic carbocycles. The second kappa shape index (κ2) is 4.21. The maximum atomic E-state index is 12.0. The van der Waals surface area contributed by atoms with Crippen molar-refractivity contribution in [2.24, 2.45) is 5.41 Å². The fourth-order valence-corrected chi connectivity index (χ4v) is 1.79. The Morgan fingerprint density at radius 2 is 1.93 bits per heavy atom. The Kier molecular flexibility index (Phi) is 3.37. The predicted octanol–water partition coefficient (Wildman–Crippen LogP) is 1.50. The number of carboxylic acids is 1. The molecule has 0 bridgehead atoms. The quantitative estimate of drug-likeness (QED) is 0.704. The third-order valence-electron chi connectivity index (χ3n) is 3.29. The van der Waals surface area contributed by atoms with Gasteiger partial charge in [0, 0.05) is 12.6 Å². The van der Waals surface area contributed by atoms with Crippen LogP contribution in [0.4, 0.5) is 0 Å². The Morgan fingerprint density at radius 1 is 1.40 bits per heavy atom. The Morgan fingerprint density at radius 3 is 2.20 bits per heavy atom. The first kappa shape index (κ1) is 12.0. The van der Waals surface area contributed by atoms with Crippen molar-refractivity contribution in [3.05, 3.63) is 0 Å². The van der Waals surface area contributed by atoms with Gasteiger partial charge < -0.3 is 10.0 Å². The van der Waals surface area contributed by atoms with Gasteiger partial charge in [-0.2, -0.15) is 0 Å². The van der Waals surface area contributed by atoms with Gasteiger partial charge in [0.05, 0.1) is 0 Å². The van der Waals surface area contributed by atoms with Crippen LogP contribution in [0.15, 0.2) is 0 Å². The maximum Gasteiger partial charge on any atom is 0.319 e. The summed E-state index contributed by atoms with van der Waals surface area (Å²) in [5, 5.41) is 9.03. The Hall–Kier alpha value is -1.06. The van der Waals surface area contributed by atoms with Gasteiger partial charge in [0.15, 0.2) is 0 Å². The zero-order valence-corrected chi connectivity index (χ0v) is 9.62. The van der Waals surface area contributed by atoms with E-state index in [0.29, 0.717) is 19.4 Å². The lowest BCUT2D eigenvalue weighted by Crippen LogP contribution is -2.45. The number of carbonyl (C=O) groups excluding carboxylic acids is 1. The van der Waals surface area contributed by atoms with Crippen LogP contribution in [0.5, 0.6) is 0 Å². The van der Waals surface area contributed by atoms with E-state index in [0.717, 1.165) is 6.42 Å². The lowest BCUT2D eigenvalue weighted by Gasteiger charge is -2.29. The minimum absolute atomic E-state index is 0.124. The number of aliphatic carboxylic acids is 1. The minimum atomic E-state index is -1.08. The number of carboxylic acid groups (broad SMARTS) is 1. The monoisotopic (exact) mass is 213 g/mol. The molecule has 1 unspecified atom stereocenters. The Balaban J connectivity index is 2.78. The first-order valence-electron chi connectivity index (χ1n) is 5.54. The molecule has 1 aliphatic carbocycles. The number of rotatable bonds is 5. The second-order valence-electron chi connectivity index (χ2n) is 4.24. The van der Waals surface area contributed by atoms with Crippen LogP contribution in [0.25, 0.3) is 0 Å². The molecule has 15 heavy (non-hydrogen) atoms. The summed E-state index contributed by atoms with van der Waals surface area (Å²) in [6.07, 6.45) is 1.84.